The van der Waals surface area contributed by atoms with Crippen molar-refractivity contribution < 1.29 is 28.5 Å². The van der Waals surface area contributed by atoms with E-state index in [0.29, 0.717) is 23.7 Å². The molecule has 0 fully saturated rings. The molecule has 0 saturated heterocycles. The first-order valence-corrected chi connectivity index (χ1v) is 10.6. The lowest BCUT2D eigenvalue weighted by Gasteiger charge is -2.10. The lowest BCUT2D eigenvalue weighted by molar-refractivity contribution is -0.129. The van der Waals surface area contributed by atoms with Crippen molar-refractivity contribution in [1.82, 2.24) is 5.32 Å². The average Bonchev–Trinajstić information content (AvgIpc) is 2.82. The maximum Gasteiger partial charge on any atom is 0.336 e. The van der Waals surface area contributed by atoms with Crippen LogP contribution in [0.25, 0.3) is 12.2 Å². The van der Waals surface area contributed by atoms with Gasteiger partial charge in [-0.1, -0.05) is 12.1 Å². The van der Waals surface area contributed by atoms with Gasteiger partial charge in [-0.3, -0.25) is 4.79 Å². The van der Waals surface area contributed by atoms with Crippen LogP contribution in [0.15, 0.2) is 48.0 Å². The Labute approximate surface area is 199 Å². The van der Waals surface area contributed by atoms with E-state index in [0.717, 1.165) is 5.56 Å². The fraction of sp³-hybridized carbons (Fsp3) is 0.269. The second-order valence-corrected chi connectivity index (χ2v) is 7.31. The Morgan fingerprint density at radius 2 is 1.62 bits per heavy atom. The molecule has 0 aliphatic rings. The highest BCUT2D eigenvalue weighted by Crippen LogP contribution is 2.30. The number of nitrogens with one attached hydrogen (secondary N) is 1. The van der Waals surface area contributed by atoms with Crippen molar-refractivity contribution in [1.29, 1.82) is 5.26 Å². The van der Waals surface area contributed by atoms with Gasteiger partial charge in [0.1, 0.15) is 11.6 Å². The fourth-order valence-corrected chi connectivity index (χ4v) is 2.88. The summed E-state index contributed by atoms with van der Waals surface area (Å²) in [6.07, 6.45) is 4.31. The smallest absolute Gasteiger partial charge is 0.336 e. The summed E-state index contributed by atoms with van der Waals surface area (Å²) in [4.78, 5) is 24.5. The van der Waals surface area contributed by atoms with Gasteiger partial charge in [-0.25, -0.2) is 4.79 Å². The van der Waals surface area contributed by atoms with Gasteiger partial charge in [0, 0.05) is 12.1 Å². The molecule has 2 rings (SSSR count). The van der Waals surface area contributed by atoms with Gasteiger partial charge in [-0.05, 0) is 68.3 Å². The first-order valence-electron chi connectivity index (χ1n) is 10.6. The number of nitriles is 1. The van der Waals surface area contributed by atoms with Crippen molar-refractivity contribution in [2.45, 2.75) is 26.8 Å². The molecular formula is C26H28N2O6. The Bertz CT molecular complexity index is 1130. The maximum absolute atomic E-state index is 12.4. The van der Waals surface area contributed by atoms with Crippen LogP contribution < -0.4 is 24.3 Å². The Hall–Kier alpha value is -4.25. The first kappa shape index (κ1) is 26.0. The molecule has 0 saturated carbocycles. The molecule has 0 bridgehead atoms. The minimum atomic E-state index is -0.608. The van der Waals surface area contributed by atoms with Crippen LogP contribution in [0.4, 0.5) is 0 Å². The Morgan fingerprint density at radius 1 is 1.00 bits per heavy atom. The van der Waals surface area contributed by atoms with Crippen LogP contribution in [0.2, 0.25) is 0 Å². The summed E-state index contributed by atoms with van der Waals surface area (Å²) in [7, 11) is 2.97. The number of carbonyl (C=O) groups excluding carboxylic acids is 2. The standard InChI is InChI=1S/C26H28N2O6/c1-6-33-21-10-7-18(14-23(21)31-4)9-12-25(29)34-22-11-8-19(15-24(22)32-5)13-20(16-27)26(30)28-17(2)3/h7-15,17H,6H2,1-5H3,(H,28,30)/b12-9+,20-13+. The van der Waals surface area contributed by atoms with Crippen molar-refractivity contribution in [2.24, 2.45) is 0 Å². The third-order valence-electron chi connectivity index (χ3n) is 4.39. The summed E-state index contributed by atoms with van der Waals surface area (Å²) in [5.41, 5.74) is 1.23. The summed E-state index contributed by atoms with van der Waals surface area (Å²) >= 11 is 0. The predicted octanol–water partition coefficient (Wildman–Crippen LogP) is 4.15. The lowest BCUT2D eigenvalue weighted by atomic mass is 10.1. The molecule has 8 nitrogen and oxygen atoms in total. The molecular weight excluding hydrogens is 436 g/mol. The van der Waals surface area contributed by atoms with Crippen LogP contribution in [0.5, 0.6) is 23.0 Å². The molecule has 34 heavy (non-hydrogen) atoms. The highest BCUT2D eigenvalue weighted by atomic mass is 16.6. The fourth-order valence-electron chi connectivity index (χ4n) is 2.88. The number of rotatable bonds is 10. The van der Waals surface area contributed by atoms with E-state index >= 15 is 0 Å². The zero-order valence-electron chi connectivity index (χ0n) is 19.9. The van der Waals surface area contributed by atoms with E-state index in [2.05, 4.69) is 5.32 Å². The van der Waals surface area contributed by atoms with E-state index in [1.165, 1.54) is 25.3 Å². The van der Waals surface area contributed by atoms with Gasteiger partial charge in [0.05, 0.1) is 20.8 Å². The summed E-state index contributed by atoms with van der Waals surface area (Å²) in [5.74, 6) is 0.571. The molecule has 0 aromatic heterocycles. The molecule has 8 heteroatoms. The zero-order chi connectivity index (χ0) is 25.1. The normalized spacial score (nSPS) is 11.1. The van der Waals surface area contributed by atoms with Crippen molar-refractivity contribution in [2.75, 3.05) is 20.8 Å². The lowest BCUT2D eigenvalue weighted by Crippen LogP contribution is -2.30. The molecule has 0 spiro atoms. The summed E-state index contributed by atoms with van der Waals surface area (Å²) in [5, 5.41) is 12.0. The van der Waals surface area contributed by atoms with Gasteiger partial charge < -0.3 is 24.3 Å². The third-order valence-corrected chi connectivity index (χ3v) is 4.39. The second-order valence-electron chi connectivity index (χ2n) is 7.31. The van der Waals surface area contributed by atoms with Crippen LogP contribution in [0, 0.1) is 11.3 Å². The number of carbonyl (C=O) groups is 2. The van der Waals surface area contributed by atoms with E-state index in [-0.39, 0.29) is 23.1 Å². The maximum atomic E-state index is 12.4. The largest absolute Gasteiger partial charge is 0.493 e. The molecule has 0 unspecified atom stereocenters. The van der Waals surface area contributed by atoms with Crippen LogP contribution in [-0.4, -0.2) is 38.7 Å². The van der Waals surface area contributed by atoms with Crippen molar-refractivity contribution in [3.05, 3.63) is 59.2 Å². The predicted molar refractivity (Wildman–Crippen MR) is 129 cm³/mol. The SMILES string of the molecule is CCOc1ccc(/C=C/C(=O)Oc2ccc(/C=C(\C#N)C(=O)NC(C)C)cc2OC)cc1OC. The molecule has 0 aliphatic carbocycles. The summed E-state index contributed by atoms with van der Waals surface area (Å²) < 4.78 is 21.5. The Kier molecular flexibility index (Phi) is 9.72. The van der Waals surface area contributed by atoms with Crippen molar-refractivity contribution in [3.8, 4) is 29.1 Å². The van der Waals surface area contributed by atoms with E-state index in [4.69, 9.17) is 18.9 Å². The van der Waals surface area contributed by atoms with Crippen molar-refractivity contribution in [3.63, 3.8) is 0 Å². The molecule has 178 valence electrons. The molecule has 0 heterocycles. The molecule has 1 N–H and O–H groups in total. The van der Waals surface area contributed by atoms with E-state index < -0.39 is 11.9 Å². The van der Waals surface area contributed by atoms with Gasteiger partial charge in [-0.15, -0.1) is 0 Å². The van der Waals surface area contributed by atoms with Crippen LogP contribution in [0.3, 0.4) is 0 Å². The van der Waals surface area contributed by atoms with E-state index in [9.17, 15) is 14.9 Å². The van der Waals surface area contributed by atoms with Gasteiger partial charge in [0.2, 0.25) is 0 Å². The molecule has 0 aliphatic heterocycles. The van der Waals surface area contributed by atoms with Crippen LogP contribution in [0.1, 0.15) is 31.9 Å². The summed E-state index contributed by atoms with van der Waals surface area (Å²) in [6.45, 7) is 6.00. The van der Waals surface area contributed by atoms with E-state index in [1.54, 1.807) is 57.4 Å². The number of esters is 1. The quantitative estimate of drug-likeness (QED) is 0.244. The van der Waals surface area contributed by atoms with Gasteiger partial charge in [-0.2, -0.15) is 5.26 Å². The summed E-state index contributed by atoms with van der Waals surface area (Å²) in [6, 6.07) is 11.8. The minimum Gasteiger partial charge on any atom is -0.493 e. The highest BCUT2D eigenvalue weighted by Gasteiger charge is 2.13. The van der Waals surface area contributed by atoms with E-state index in [1.807, 2.05) is 13.0 Å². The number of amides is 1. The number of ether oxygens (including phenoxy) is 4. The van der Waals surface area contributed by atoms with Crippen molar-refractivity contribution >= 4 is 24.0 Å². The van der Waals surface area contributed by atoms with Gasteiger partial charge >= 0.3 is 5.97 Å². The van der Waals surface area contributed by atoms with Gasteiger partial charge in [0.15, 0.2) is 23.0 Å². The zero-order valence-corrected chi connectivity index (χ0v) is 19.9. The number of hydrogen-bond donors (Lipinski definition) is 1. The molecule has 0 radical (unpaired) electrons. The molecule has 0 atom stereocenters. The molecule has 2 aromatic carbocycles. The average molecular weight is 465 g/mol. The molecule has 1 amide bonds. The van der Waals surface area contributed by atoms with Crippen LogP contribution in [-0.2, 0) is 9.59 Å². The number of hydrogen-bond acceptors (Lipinski definition) is 7. The number of nitrogens with zero attached hydrogens (tertiary/aromatic N) is 1. The molecule has 2 aromatic rings. The highest BCUT2D eigenvalue weighted by molar-refractivity contribution is 6.01. The monoisotopic (exact) mass is 464 g/mol. The number of benzene rings is 2. The number of methoxy groups -OCH3 is 2. The third kappa shape index (κ3) is 7.41. The van der Waals surface area contributed by atoms with Gasteiger partial charge in [0.25, 0.3) is 5.91 Å². The second kappa shape index (κ2) is 12.7. The Morgan fingerprint density at radius 3 is 2.24 bits per heavy atom. The van der Waals surface area contributed by atoms with Crippen LogP contribution >= 0.6 is 0 Å². The Balaban J connectivity index is 2.16. The first-order chi connectivity index (χ1) is 16.3. The topological polar surface area (TPSA) is 107 Å². The minimum absolute atomic E-state index is 0.0470.